The minimum atomic E-state index is -1.13. The Balaban J connectivity index is 2.15. The van der Waals surface area contributed by atoms with Gasteiger partial charge in [0.05, 0.1) is 18.8 Å². The van der Waals surface area contributed by atoms with Gasteiger partial charge in [0.1, 0.15) is 11.6 Å². The topological polar surface area (TPSA) is 124 Å². The van der Waals surface area contributed by atoms with E-state index in [1.807, 2.05) is 0 Å². The Bertz CT molecular complexity index is 665. The highest BCUT2D eigenvalue weighted by atomic mass is 16.6. The molecule has 0 saturated carbocycles. The molecular formula is C15H22N4O6. The Morgan fingerprint density at radius 2 is 2.04 bits per heavy atom. The number of rotatable bonds is 4. The zero-order chi connectivity index (χ0) is 18.8. The van der Waals surface area contributed by atoms with Crippen LogP contribution in [0.5, 0.6) is 0 Å². The lowest BCUT2D eigenvalue weighted by molar-refractivity contribution is -0.142. The number of hydrogen-bond acceptors (Lipinski definition) is 7. The molecule has 10 heteroatoms. The molecule has 1 aromatic rings. The largest absolute Gasteiger partial charge is 0.480 e. The standard InChI is InChI=1S/C15H22N4O6/c1-5-24-13(22)10-8-19(17-16-10)9-6-11(12(20)21)18(7-9)14(23)25-15(2,3)4/h8-9,11H,5-7H2,1-4H3,(H,20,21)/t9-,11+/m0/s1. The molecule has 0 unspecified atom stereocenters. The molecule has 1 aliphatic rings. The molecule has 0 aromatic carbocycles. The summed E-state index contributed by atoms with van der Waals surface area (Å²) < 4.78 is 11.5. The Kier molecular flexibility index (Phi) is 5.29. The molecule has 1 amide bonds. The summed E-state index contributed by atoms with van der Waals surface area (Å²) in [5.41, 5.74) is -0.702. The van der Waals surface area contributed by atoms with Gasteiger partial charge in [-0.25, -0.2) is 19.1 Å². The first-order valence-electron chi connectivity index (χ1n) is 7.93. The molecule has 1 aromatic heterocycles. The molecule has 0 spiro atoms. The van der Waals surface area contributed by atoms with Gasteiger partial charge in [-0.2, -0.15) is 0 Å². The van der Waals surface area contributed by atoms with Gasteiger partial charge in [-0.3, -0.25) is 4.90 Å². The Hall–Kier alpha value is -2.65. The lowest BCUT2D eigenvalue weighted by atomic mass is 10.2. The number of carboxylic acids is 1. The SMILES string of the molecule is CCOC(=O)c1cn([C@H]2C[C@H](C(=O)O)N(C(=O)OC(C)(C)C)C2)nn1. The van der Waals surface area contributed by atoms with Crippen LogP contribution in [0, 0.1) is 0 Å². The van der Waals surface area contributed by atoms with Crippen LogP contribution >= 0.6 is 0 Å². The van der Waals surface area contributed by atoms with Gasteiger partial charge in [0, 0.05) is 13.0 Å². The smallest absolute Gasteiger partial charge is 0.411 e. The molecular weight excluding hydrogens is 332 g/mol. The molecule has 0 radical (unpaired) electrons. The van der Waals surface area contributed by atoms with Crippen LogP contribution in [-0.4, -0.2) is 67.8 Å². The van der Waals surface area contributed by atoms with E-state index >= 15 is 0 Å². The van der Waals surface area contributed by atoms with E-state index in [1.54, 1.807) is 27.7 Å². The number of aliphatic carboxylic acids is 1. The van der Waals surface area contributed by atoms with Crippen molar-refractivity contribution in [3.63, 3.8) is 0 Å². The number of amides is 1. The molecule has 25 heavy (non-hydrogen) atoms. The second-order valence-electron chi connectivity index (χ2n) is 6.68. The summed E-state index contributed by atoms with van der Waals surface area (Å²) in [4.78, 5) is 36.6. The molecule has 10 nitrogen and oxygen atoms in total. The van der Waals surface area contributed by atoms with Crippen LogP contribution in [0.15, 0.2) is 6.20 Å². The first-order chi connectivity index (χ1) is 11.6. The van der Waals surface area contributed by atoms with Crippen molar-refractivity contribution in [2.75, 3.05) is 13.2 Å². The summed E-state index contributed by atoms with van der Waals surface area (Å²) in [6, 6.07) is -1.46. The summed E-state index contributed by atoms with van der Waals surface area (Å²) in [5, 5.41) is 17.0. The molecule has 1 N–H and O–H groups in total. The number of likely N-dealkylation sites (tertiary alicyclic amines) is 1. The third-order valence-electron chi connectivity index (χ3n) is 3.56. The maximum Gasteiger partial charge on any atom is 0.411 e. The zero-order valence-electron chi connectivity index (χ0n) is 14.6. The highest BCUT2D eigenvalue weighted by Gasteiger charge is 2.42. The van der Waals surface area contributed by atoms with Crippen molar-refractivity contribution in [3.05, 3.63) is 11.9 Å². The lowest BCUT2D eigenvalue weighted by Gasteiger charge is -2.26. The van der Waals surface area contributed by atoms with Crippen LogP contribution < -0.4 is 0 Å². The fourth-order valence-electron chi connectivity index (χ4n) is 2.52. The lowest BCUT2D eigenvalue weighted by Crippen LogP contribution is -2.43. The molecule has 1 saturated heterocycles. The minimum Gasteiger partial charge on any atom is -0.480 e. The number of ether oxygens (including phenoxy) is 2. The van der Waals surface area contributed by atoms with Crippen LogP contribution in [0.3, 0.4) is 0 Å². The van der Waals surface area contributed by atoms with Crippen molar-refractivity contribution in [1.29, 1.82) is 0 Å². The van der Waals surface area contributed by atoms with Crippen molar-refractivity contribution in [2.24, 2.45) is 0 Å². The third kappa shape index (κ3) is 4.46. The molecule has 2 heterocycles. The molecule has 2 rings (SSSR count). The van der Waals surface area contributed by atoms with E-state index in [0.717, 1.165) is 4.90 Å². The summed E-state index contributed by atoms with van der Waals surface area (Å²) in [6.07, 6.45) is 0.827. The number of aromatic nitrogens is 3. The zero-order valence-corrected chi connectivity index (χ0v) is 14.6. The number of esters is 1. The van der Waals surface area contributed by atoms with Crippen molar-refractivity contribution in [2.45, 2.75) is 51.8 Å². The van der Waals surface area contributed by atoms with E-state index in [1.165, 1.54) is 10.9 Å². The average Bonchev–Trinajstić information content (AvgIpc) is 3.12. The first-order valence-corrected chi connectivity index (χ1v) is 7.93. The van der Waals surface area contributed by atoms with Gasteiger partial charge in [-0.15, -0.1) is 5.10 Å². The number of nitrogens with zero attached hydrogens (tertiary/aromatic N) is 4. The van der Waals surface area contributed by atoms with Crippen LogP contribution in [0.1, 0.15) is 50.6 Å². The fourth-order valence-corrected chi connectivity index (χ4v) is 2.52. The highest BCUT2D eigenvalue weighted by molar-refractivity contribution is 5.86. The van der Waals surface area contributed by atoms with Crippen LogP contribution in [0.2, 0.25) is 0 Å². The molecule has 0 bridgehead atoms. The number of carboxylic acid groups (broad SMARTS) is 1. The van der Waals surface area contributed by atoms with E-state index < -0.39 is 35.7 Å². The van der Waals surface area contributed by atoms with Crippen LogP contribution in [0.25, 0.3) is 0 Å². The normalized spacial score (nSPS) is 20.4. The van der Waals surface area contributed by atoms with Gasteiger partial charge in [0.15, 0.2) is 5.69 Å². The van der Waals surface area contributed by atoms with Crippen molar-refractivity contribution in [1.82, 2.24) is 19.9 Å². The Morgan fingerprint density at radius 3 is 2.60 bits per heavy atom. The third-order valence-corrected chi connectivity index (χ3v) is 3.56. The summed E-state index contributed by atoms with van der Waals surface area (Å²) >= 11 is 0. The maximum absolute atomic E-state index is 12.3. The van der Waals surface area contributed by atoms with Crippen LogP contribution in [-0.2, 0) is 14.3 Å². The molecule has 1 aliphatic heterocycles. The van der Waals surface area contributed by atoms with Gasteiger partial charge in [0.2, 0.25) is 0 Å². The fraction of sp³-hybridized carbons (Fsp3) is 0.667. The van der Waals surface area contributed by atoms with E-state index in [-0.39, 0.29) is 25.3 Å². The molecule has 1 fully saturated rings. The maximum atomic E-state index is 12.3. The second kappa shape index (κ2) is 7.08. The van der Waals surface area contributed by atoms with Crippen molar-refractivity contribution < 1.29 is 29.0 Å². The van der Waals surface area contributed by atoms with Crippen LogP contribution in [0.4, 0.5) is 4.79 Å². The molecule has 0 aliphatic carbocycles. The van der Waals surface area contributed by atoms with Gasteiger partial charge in [0.25, 0.3) is 0 Å². The van der Waals surface area contributed by atoms with Gasteiger partial charge in [-0.05, 0) is 27.7 Å². The minimum absolute atomic E-state index is 0.0319. The van der Waals surface area contributed by atoms with Gasteiger partial charge in [-0.1, -0.05) is 5.21 Å². The predicted molar refractivity (Wildman–Crippen MR) is 84.0 cm³/mol. The van der Waals surface area contributed by atoms with Crippen molar-refractivity contribution >= 4 is 18.0 Å². The van der Waals surface area contributed by atoms with E-state index in [2.05, 4.69) is 10.3 Å². The average molecular weight is 354 g/mol. The summed E-state index contributed by atoms with van der Waals surface area (Å²) in [6.45, 7) is 7.10. The number of hydrogen-bond donors (Lipinski definition) is 1. The van der Waals surface area contributed by atoms with E-state index in [0.29, 0.717) is 0 Å². The summed E-state index contributed by atoms with van der Waals surface area (Å²) in [5.74, 6) is -1.73. The summed E-state index contributed by atoms with van der Waals surface area (Å²) in [7, 11) is 0. The van der Waals surface area contributed by atoms with E-state index in [4.69, 9.17) is 9.47 Å². The van der Waals surface area contributed by atoms with Gasteiger partial charge < -0.3 is 14.6 Å². The number of carbonyl (C=O) groups excluding carboxylic acids is 2. The monoisotopic (exact) mass is 354 g/mol. The van der Waals surface area contributed by atoms with Gasteiger partial charge >= 0.3 is 18.0 Å². The first kappa shape index (κ1) is 18.7. The predicted octanol–water partition coefficient (Wildman–Crippen LogP) is 1.09. The van der Waals surface area contributed by atoms with E-state index in [9.17, 15) is 19.5 Å². The molecule has 2 atom stereocenters. The molecule has 138 valence electrons. The highest BCUT2D eigenvalue weighted by Crippen LogP contribution is 2.28. The second-order valence-corrected chi connectivity index (χ2v) is 6.68. The number of carbonyl (C=O) groups is 3. The Morgan fingerprint density at radius 1 is 1.36 bits per heavy atom. The van der Waals surface area contributed by atoms with Crippen molar-refractivity contribution in [3.8, 4) is 0 Å². The quantitative estimate of drug-likeness (QED) is 0.797. The Labute approximate surface area is 144 Å².